The maximum atomic E-state index is 6.52. The van der Waals surface area contributed by atoms with Gasteiger partial charge in [-0.1, -0.05) is 24.3 Å². The summed E-state index contributed by atoms with van der Waals surface area (Å²) < 4.78 is 5.43. The van der Waals surface area contributed by atoms with E-state index in [0.29, 0.717) is 0 Å². The minimum atomic E-state index is -0.0330. The smallest absolute Gasteiger partial charge is 0.0484 e. The molecule has 0 saturated carbocycles. The van der Waals surface area contributed by atoms with E-state index in [0.717, 1.165) is 58.5 Å². The van der Waals surface area contributed by atoms with Crippen LogP contribution in [0.5, 0.6) is 0 Å². The molecule has 0 radical (unpaired) electrons. The van der Waals surface area contributed by atoms with Crippen LogP contribution in [0.3, 0.4) is 0 Å². The molecule has 1 aromatic carbocycles. The molecule has 0 atom stereocenters. The molecule has 19 heavy (non-hydrogen) atoms. The Balaban J connectivity index is 1.62. The fourth-order valence-corrected chi connectivity index (χ4v) is 3.25. The normalized spacial score (nSPS) is 23.6. The Morgan fingerprint density at radius 3 is 2.21 bits per heavy atom. The number of fused-ring (bicyclic) bond motifs is 1. The summed E-state index contributed by atoms with van der Waals surface area (Å²) in [6, 6.07) is 8.84. The van der Waals surface area contributed by atoms with E-state index >= 15 is 0 Å². The van der Waals surface area contributed by atoms with E-state index in [9.17, 15) is 0 Å². The van der Waals surface area contributed by atoms with Crippen LogP contribution in [0.15, 0.2) is 24.3 Å². The molecule has 0 aliphatic carbocycles. The van der Waals surface area contributed by atoms with Gasteiger partial charge < -0.3 is 15.4 Å². The molecular weight excluding hydrogens is 236 g/mol. The first-order valence-corrected chi connectivity index (χ1v) is 7.41. The molecule has 0 bridgehead atoms. The van der Waals surface area contributed by atoms with Gasteiger partial charge in [0, 0.05) is 38.4 Å². The Hall–Kier alpha value is -0.900. The molecule has 1 aromatic rings. The Bertz CT molecular complexity index is 400. The van der Waals surface area contributed by atoms with Gasteiger partial charge in [-0.2, -0.15) is 0 Å². The maximum absolute atomic E-state index is 6.52. The fraction of sp³-hybridized carbons (Fsp3) is 0.625. The van der Waals surface area contributed by atoms with Gasteiger partial charge in [0.05, 0.1) is 0 Å². The molecule has 104 valence electrons. The van der Waals surface area contributed by atoms with E-state index in [4.69, 9.17) is 10.5 Å². The van der Waals surface area contributed by atoms with Crippen LogP contribution in [0, 0.1) is 0 Å². The first-order chi connectivity index (χ1) is 9.25. The SMILES string of the molecule is NC1(CN2CCc3ccccc3CC2)CCOCC1. The van der Waals surface area contributed by atoms with E-state index in [1.54, 1.807) is 0 Å². The third-order valence-corrected chi connectivity index (χ3v) is 4.54. The second kappa shape index (κ2) is 5.61. The first kappa shape index (κ1) is 13.1. The zero-order chi connectivity index (χ0) is 13.1. The van der Waals surface area contributed by atoms with Gasteiger partial charge in [-0.15, -0.1) is 0 Å². The zero-order valence-corrected chi connectivity index (χ0v) is 11.6. The minimum Gasteiger partial charge on any atom is -0.381 e. The monoisotopic (exact) mass is 260 g/mol. The van der Waals surface area contributed by atoms with Crippen molar-refractivity contribution in [3.8, 4) is 0 Å². The average Bonchev–Trinajstić information content (AvgIpc) is 2.62. The molecule has 2 heterocycles. The van der Waals surface area contributed by atoms with Crippen molar-refractivity contribution in [1.82, 2.24) is 4.90 Å². The van der Waals surface area contributed by atoms with Crippen LogP contribution in [0.25, 0.3) is 0 Å². The number of hydrogen-bond acceptors (Lipinski definition) is 3. The van der Waals surface area contributed by atoms with Crippen molar-refractivity contribution in [2.75, 3.05) is 32.8 Å². The number of ether oxygens (including phenoxy) is 1. The first-order valence-electron chi connectivity index (χ1n) is 7.41. The molecule has 3 rings (SSSR count). The summed E-state index contributed by atoms with van der Waals surface area (Å²) in [4.78, 5) is 2.55. The van der Waals surface area contributed by atoms with Gasteiger partial charge in [0.2, 0.25) is 0 Å². The standard InChI is InChI=1S/C16H24N2O/c17-16(7-11-19-12-8-16)13-18-9-5-14-3-1-2-4-15(14)6-10-18/h1-4H,5-13,17H2. The number of nitrogens with two attached hydrogens (primary N) is 1. The quantitative estimate of drug-likeness (QED) is 0.877. The van der Waals surface area contributed by atoms with E-state index in [2.05, 4.69) is 29.2 Å². The van der Waals surface area contributed by atoms with Gasteiger partial charge in [0.25, 0.3) is 0 Å². The van der Waals surface area contributed by atoms with Crippen molar-refractivity contribution in [3.63, 3.8) is 0 Å². The fourth-order valence-electron chi connectivity index (χ4n) is 3.25. The topological polar surface area (TPSA) is 38.5 Å². The molecule has 1 fully saturated rings. The number of benzene rings is 1. The molecule has 0 aromatic heterocycles. The van der Waals surface area contributed by atoms with Crippen molar-refractivity contribution in [3.05, 3.63) is 35.4 Å². The summed E-state index contributed by atoms with van der Waals surface area (Å²) in [6.45, 7) is 4.94. The van der Waals surface area contributed by atoms with Crippen LogP contribution in [0.4, 0.5) is 0 Å². The molecule has 3 heteroatoms. The lowest BCUT2D eigenvalue weighted by atomic mass is 9.90. The molecule has 0 amide bonds. The van der Waals surface area contributed by atoms with Crippen molar-refractivity contribution in [2.24, 2.45) is 5.73 Å². The largest absolute Gasteiger partial charge is 0.381 e. The summed E-state index contributed by atoms with van der Waals surface area (Å²) in [5.74, 6) is 0. The maximum Gasteiger partial charge on any atom is 0.0484 e. The lowest BCUT2D eigenvalue weighted by Crippen LogP contribution is -2.53. The van der Waals surface area contributed by atoms with Crippen molar-refractivity contribution in [1.29, 1.82) is 0 Å². The molecule has 2 aliphatic rings. The third kappa shape index (κ3) is 3.16. The Morgan fingerprint density at radius 1 is 1.05 bits per heavy atom. The summed E-state index contributed by atoms with van der Waals surface area (Å²) in [5, 5.41) is 0. The summed E-state index contributed by atoms with van der Waals surface area (Å²) in [6.07, 6.45) is 4.30. The minimum absolute atomic E-state index is 0.0330. The van der Waals surface area contributed by atoms with E-state index in [-0.39, 0.29) is 5.54 Å². The average molecular weight is 260 g/mol. The second-order valence-electron chi connectivity index (χ2n) is 6.02. The van der Waals surface area contributed by atoms with E-state index < -0.39 is 0 Å². The summed E-state index contributed by atoms with van der Waals surface area (Å²) in [5.41, 5.74) is 9.52. The Labute approximate surface area is 115 Å². The highest BCUT2D eigenvalue weighted by Gasteiger charge is 2.30. The van der Waals surface area contributed by atoms with E-state index in [1.165, 1.54) is 11.1 Å². The molecule has 0 spiro atoms. The lowest BCUT2D eigenvalue weighted by molar-refractivity contribution is 0.0382. The second-order valence-corrected chi connectivity index (χ2v) is 6.02. The van der Waals surface area contributed by atoms with E-state index in [1.807, 2.05) is 0 Å². The summed E-state index contributed by atoms with van der Waals surface area (Å²) in [7, 11) is 0. The van der Waals surface area contributed by atoms with Gasteiger partial charge in [-0.05, 0) is 36.8 Å². The van der Waals surface area contributed by atoms with Crippen LogP contribution in [-0.2, 0) is 17.6 Å². The molecule has 0 unspecified atom stereocenters. The van der Waals surface area contributed by atoms with Crippen molar-refractivity contribution in [2.45, 2.75) is 31.2 Å². The van der Waals surface area contributed by atoms with Crippen LogP contribution >= 0.6 is 0 Å². The summed E-state index contributed by atoms with van der Waals surface area (Å²) >= 11 is 0. The molecule has 1 saturated heterocycles. The molecular formula is C16H24N2O. The Kier molecular flexibility index (Phi) is 3.87. The van der Waals surface area contributed by atoms with Crippen LogP contribution < -0.4 is 5.73 Å². The lowest BCUT2D eigenvalue weighted by Gasteiger charge is -2.37. The molecule has 3 nitrogen and oxygen atoms in total. The van der Waals surface area contributed by atoms with Crippen LogP contribution in [-0.4, -0.2) is 43.3 Å². The van der Waals surface area contributed by atoms with Gasteiger partial charge in [0.1, 0.15) is 0 Å². The number of hydrogen-bond donors (Lipinski definition) is 1. The van der Waals surface area contributed by atoms with Crippen molar-refractivity contribution >= 4 is 0 Å². The molecule has 2 N–H and O–H groups in total. The number of nitrogens with zero attached hydrogens (tertiary/aromatic N) is 1. The predicted octanol–water partition coefficient (Wildman–Crippen LogP) is 1.60. The third-order valence-electron chi connectivity index (χ3n) is 4.54. The van der Waals surface area contributed by atoms with Crippen LogP contribution in [0.2, 0.25) is 0 Å². The van der Waals surface area contributed by atoms with Crippen molar-refractivity contribution < 1.29 is 4.74 Å². The highest BCUT2D eigenvalue weighted by atomic mass is 16.5. The predicted molar refractivity (Wildman–Crippen MR) is 77.3 cm³/mol. The molecule has 2 aliphatic heterocycles. The highest BCUT2D eigenvalue weighted by molar-refractivity contribution is 5.28. The van der Waals surface area contributed by atoms with Crippen LogP contribution in [0.1, 0.15) is 24.0 Å². The van der Waals surface area contributed by atoms with Gasteiger partial charge in [-0.3, -0.25) is 0 Å². The van der Waals surface area contributed by atoms with Gasteiger partial charge in [0.15, 0.2) is 0 Å². The van der Waals surface area contributed by atoms with Gasteiger partial charge >= 0.3 is 0 Å². The van der Waals surface area contributed by atoms with Gasteiger partial charge in [-0.25, -0.2) is 0 Å². The number of rotatable bonds is 2. The Morgan fingerprint density at radius 2 is 1.63 bits per heavy atom. The highest BCUT2D eigenvalue weighted by Crippen LogP contribution is 2.21. The zero-order valence-electron chi connectivity index (χ0n) is 11.6.